The van der Waals surface area contributed by atoms with E-state index in [1.165, 1.54) is 28.7 Å². The predicted molar refractivity (Wildman–Crippen MR) is 103 cm³/mol. The SMILES string of the molecule is Cc1nc(/C=C/C(=O)Nc2cccc(NC(=O)c3cccs3)c2)cs1. The first-order valence-electron chi connectivity index (χ1n) is 7.46. The Morgan fingerprint density at radius 1 is 1.08 bits per heavy atom. The fourth-order valence-electron chi connectivity index (χ4n) is 2.08. The van der Waals surface area contributed by atoms with E-state index in [0.29, 0.717) is 16.3 Å². The van der Waals surface area contributed by atoms with Gasteiger partial charge in [0.25, 0.3) is 5.91 Å². The van der Waals surface area contributed by atoms with Gasteiger partial charge in [0, 0.05) is 22.8 Å². The van der Waals surface area contributed by atoms with E-state index in [1.807, 2.05) is 23.8 Å². The molecule has 0 saturated heterocycles. The van der Waals surface area contributed by atoms with Gasteiger partial charge in [0.2, 0.25) is 5.91 Å². The van der Waals surface area contributed by atoms with E-state index in [2.05, 4.69) is 15.6 Å². The number of nitrogens with one attached hydrogen (secondary N) is 2. The van der Waals surface area contributed by atoms with Crippen LogP contribution in [0.25, 0.3) is 6.08 Å². The van der Waals surface area contributed by atoms with E-state index in [9.17, 15) is 9.59 Å². The Bertz CT molecular complexity index is 914. The first kappa shape index (κ1) is 17.1. The number of hydrogen-bond donors (Lipinski definition) is 2. The van der Waals surface area contributed by atoms with Gasteiger partial charge in [-0.3, -0.25) is 9.59 Å². The van der Waals surface area contributed by atoms with E-state index >= 15 is 0 Å². The summed E-state index contributed by atoms with van der Waals surface area (Å²) in [5.74, 6) is -0.426. The summed E-state index contributed by atoms with van der Waals surface area (Å²) in [6, 6.07) is 10.6. The van der Waals surface area contributed by atoms with Gasteiger partial charge in [-0.05, 0) is 42.6 Å². The standard InChI is InChI=1S/C18H15N3O2S2/c1-12-19-15(11-25-12)7-8-17(22)20-13-4-2-5-14(10-13)21-18(23)16-6-3-9-24-16/h2-11H,1H3,(H,20,22)(H,21,23)/b8-7+. The van der Waals surface area contributed by atoms with E-state index in [0.717, 1.165) is 10.7 Å². The number of aromatic nitrogens is 1. The smallest absolute Gasteiger partial charge is 0.265 e. The number of thiazole rings is 1. The number of carbonyl (C=O) groups excluding carboxylic acids is 2. The monoisotopic (exact) mass is 369 g/mol. The van der Waals surface area contributed by atoms with Crippen molar-refractivity contribution in [1.29, 1.82) is 0 Å². The van der Waals surface area contributed by atoms with Crippen LogP contribution >= 0.6 is 22.7 Å². The molecule has 0 atom stereocenters. The van der Waals surface area contributed by atoms with Gasteiger partial charge in [0.05, 0.1) is 15.6 Å². The van der Waals surface area contributed by atoms with Crippen molar-refractivity contribution in [2.24, 2.45) is 0 Å². The van der Waals surface area contributed by atoms with Gasteiger partial charge in [-0.15, -0.1) is 22.7 Å². The van der Waals surface area contributed by atoms with Gasteiger partial charge >= 0.3 is 0 Å². The third-order valence-corrected chi connectivity index (χ3v) is 4.84. The molecule has 0 aliphatic carbocycles. The average Bonchev–Trinajstić information content (AvgIpc) is 3.25. The summed E-state index contributed by atoms with van der Waals surface area (Å²) in [7, 11) is 0. The second-order valence-corrected chi connectivity index (χ2v) is 7.14. The highest BCUT2D eigenvalue weighted by Gasteiger charge is 2.07. The summed E-state index contributed by atoms with van der Waals surface area (Å²) in [5.41, 5.74) is 1.98. The maximum Gasteiger partial charge on any atom is 0.265 e. The summed E-state index contributed by atoms with van der Waals surface area (Å²) >= 11 is 2.91. The highest BCUT2D eigenvalue weighted by atomic mass is 32.1. The Morgan fingerprint density at radius 2 is 1.88 bits per heavy atom. The third kappa shape index (κ3) is 4.85. The summed E-state index contributed by atoms with van der Waals surface area (Å²) in [6.45, 7) is 1.91. The van der Waals surface area contributed by atoms with Crippen LogP contribution in [0.2, 0.25) is 0 Å². The molecule has 0 fully saturated rings. The quantitative estimate of drug-likeness (QED) is 0.654. The summed E-state index contributed by atoms with van der Waals surface area (Å²) in [4.78, 5) is 29.0. The molecule has 2 heterocycles. The zero-order valence-electron chi connectivity index (χ0n) is 13.4. The number of carbonyl (C=O) groups is 2. The highest BCUT2D eigenvalue weighted by Crippen LogP contribution is 2.18. The topological polar surface area (TPSA) is 71.1 Å². The van der Waals surface area contributed by atoms with E-state index < -0.39 is 0 Å². The van der Waals surface area contributed by atoms with Crippen molar-refractivity contribution in [2.45, 2.75) is 6.92 Å². The summed E-state index contributed by atoms with van der Waals surface area (Å²) < 4.78 is 0. The molecule has 3 rings (SSSR count). The molecule has 2 N–H and O–H groups in total. The van der Waals surface area contributed by atoms with Crippen molar-refractivity contribution in [1.82, 2.24) is 4.98 Å². The molecule has 0 unspecified atom stereocenters. The fraction of sp³-hybridized carbons (Fsp3) is 0.0556. The van der Waals surface area contributed by atoms with Crippen LogP contribution in [0, 0.1) is 6.92 Å². The number of aryl methyl sites for hydroxylation is 1. The van der Waals surface area contributed by atoms with Gasteiger partial charge in [0.1, 0.15) is 0 Å². The predicted octanol–water partition coefficient (Wildman–Crippen LogP) is 4.42. The maximum absolute atomic E-state index is 12.1. The van der Waals surface area contributed by atoms with Crippen molar-refractivity contribution < 1.29 is 9.59 Å². The minimum absolute atomic E-state index is 0.169. The van der Waals surface area contributed by atoms with Crippen LogP contribution in [0.4, 0.5) is 11.4 Å². The molecule has 25 heavy (non-hydrogen) atoms. The molecule has 0 radical (unpaired) electrons. The number of benzene rings is 1. The second-order valence-electron chi connectivity index (χ2n) is 5.13. The Morgan fingerprint density at radius 3 is 2.56 bits per heavy atom. The Kier molecular flexibility index (Phi) is 5.37. The largest absolute Gasteiger partial charge is 0.322 e. The van der Waals surface area contributed by atoms with Crippen molar-refractivity contribution in [3.05, 3.63) is 68.8 Å². The van der Waals surface area contributed by atoms with Crippen LogP contribution in [0.1, 0.15) is 20.4 Å². The Labute approximate surface area is 153 Å². The molecule has 2 amide bonds. The average molecular weight is 369 g/mol. The number of amides is 2. The lowest BCUT2D eigenvalue weighted by Crippen LogP contribution is -2.11. The normalized spacial score (nSPS) is 10.8. The van der Waals surface area contributed by atoms with Crippen molar-refractivity contribution in [3.8, 4) is 0 Å². The van der Waals surface area contributed by atoms with Crippen LogP contribution in [-0.2, 0) is 4.79 Å². The number of hydrogen-bond acceptors (Lipinski definition) is 5. The molecule has 126 valence electrons. The molecule has 7 heteroatoms. The summed E-state index contributed by atoms with van der Waals surface area (Å²) in [6.07, 6.45) is 3.10. The van der Waals surface area contributed by atoms with Crippen molar-refractivity contribution in [2.75, 3.05) is 10.6 Å². The fourth-order valence-corrected chi connectivity index (χ4v) is 3.28. The first-order valence-corrected chi connectivity index (χ1v) is 9.22. The molecule has 3 aromatic rings. The zero-order valence-corrected chi connectivity index (χ0v) is 15.0. The molecule has 0 saturated carbocycles. The second kappa shape index (κ2) is 7.87. The maximum atomic E-state index is 12.1. The van der Waals surface area contributed by atoms with Crippen LogP contribution in [0.15, 0.2) is 53.2 Å². The summed E-state index contributed by atoms with van der Waals surface area (Å²) in [5, 5.41) is 10.3. The lowest BCUT2D eigenvalue weighted by atomic mass is 10.2. The van der Waals surface area contributed by atoms with Crippen molar-refractivity contribution >= 4 is 51.9 Å². The molecule has 1 aromatic carbocycles. The molecule has 2 aromatic heterocycles. The molecule has 0 aliphatic rings. The molecule has 0 spiro atoms. The number of rotatable bonds is 5. The molecule has 0 aliphatic heterocycles. The molecule has 5 nitrogen and oxygen atoms in total. The number of thiophene rings is 1. The van der Waals surface area contributed by atoms with Crippen LogP contribution in [0.3, 0.4) is 0 Å². The first-order chi connectivity index (χ1) is 12.1. The number of nitrogens with zero attached hydrogens (tertiary/aromatic N) is 1. The highest BCUT2D eigenvalue weighted by molar-refractivity contribution is 7.12. The van der Waals surface area contributed by atoms with Crippen molar-refractivity contribution in [3.63, 3.8) is 0 Å². The van der Waals surface area contributed by atoms with Crippen LogP contribution in [-0.4, -0.2) is 16.8 Å². The van der Waals surface area contributed by atoms with Gasteiger partial charge in [-0.1, -0.05) is 12.1 Å². The van der Waals surface area contributed by atoms with Gasteiger partial charge < -0.3 is 10.6 Å². The third-order valence-electron chi connectivity index (χ3n) is 3.18. The Balaban J connectivity index is 1.62. The minimum Gasteiger partial charge on any atom is -0.322 e. The van der Waals surface area contributed by atoms with E-state index in [4.69, 9.17) is 0 Å². The van der Waals surface area contributed by atoms with E-state index in [1.54, 1.807) is 36.4 Å². The molecular formula is C18H15N3O2S2. The molecular weight excluding hydrogens is 354 g/mol. The van der Waals surface area contributed by atoms with Gasteiger partial charge in [-0.2, -0.15) is 0 Å². The zero-order chi connectivity index (χ0) is 17.6. The van der Waals surface area contributed by atoms with Gasteiger partial charge in [-0.25, -0.2) is 4.98 Å². The molecule has 0 bridgehead atoms. The lowest BCUT2D eigenvalue weighted by Gasteiger charge is -2.07. The van der Waals surface area contributed by atoms with Crippen LogP contribution in [0.5, 0.6) is 0 Å². The Hall–Kier alpha value is -2.77. The lowest BCUT2D eigenvalue weighted by molar-refractivity contribution is -0.111. The minimum atomic E-state index is -0.257. The van der Waals surface area contributed by atoms with E-state index in [-0.39, 0.29) is 11.8 Å². The van der Waals surface area contributed by atoms with Crippen LogP contribution < -0.4 is 10.6 Å². The number of anilines is 2. The van der Waals surface area contributed by atoms with Gasteiger partial charge in [0.15, 0.2) is 0 Å².